The summed E-state index contributed by atoms with van der Waals surface area (Å²) in [5, 5.41) is 0. The van der Waals surface area contributed by atoms with Gasteiger partial charge in [-0.2, -0.15) is 0 Å². The Balaban J connectivity index is 2.45. The molecule has 3 nitrogen and oxygen atoms in total. The van der Waals surface area contributed by atoms with E-state index in [1.54, 1.807) is 7.11 Å². The Morgan fingerprint density at radius 3 is 2.88 bits per heavy atom. The van der Waals surface area contributed by atoms with Crippen molar-refractivity contribution >= 4 is 11.3 Å². The molecule has 1 aromatic carbocycles. The van der Waals surface area contributed by atoms with E-state index in [2.05, 4.69) is 0 Å². The van der Waals surface area contributed by atoms with Gasteiger partial charge in [0.1, 0.15) is 5.72 Å². The quantitative estimate of drug-likeness (QED) is 0.586. The summed E-state index contributed by atoms with van der Waals surface area (Å²) < 4.78 is 5.40. The van der Waals surface area contributed by atoms with E-state index in [4.69, 9.17) is 16.2 Å². The van der Waals surface area contributed by atoms with Gasteiger partial charge in [0.25, 0.3) is 0 Å². The molecule has 0 saturated carbocycles. The van der Waals surface area contributed by atoms with E-state index in [0.29, 0.717) is 6.42 Å². The third-order valence-electron chi connectivity index (χ3n) is 2.84. The van der Waals surface area contributed by atoms with Gasteiger partial charge in [-0.05, 0) is 17.7 Å². The number of methoxy groups -OCH3 is 1. The predicted molar refractivity (Wildman–Crippen MR) is 66.5 cm³/mol. The van der Waals surface area contributed by atoms with Gasteiger partial charge in [-0.25, -0.2) is 0 Å². The summed E-state index contributed by atoms with van der Waals surface area (Å²) in [5.41, 5.74) is 13.9. The van der Waals surface area contributed by atoms with Gasteiger partial charge in [-0.3, -0.25) is 5.73 Å². The Kier molecular flexibility index (Phi) is 2.81. The van der Waals surface area contributed by atoms with E-state index in [1.807, 2.05) is 42.5 Å². The first-order valence-corrected chi connectivity index (χ1v) is 5.23. The molecule has 4 N–H and O–H groups in total. The Bertz CT molecular complexity index is 451. The molecule has 1 unspecified atom stereocenters. The highest BCUT2D eigenvalue weighted by molar-refractivity contribution is 5.76. The van der Waals surface area contributed by atoms with Crippen molar-refractivity contribution in [2.24, 2.45) is 5.73 Å². The topological polar surface area (TPSA) is 61.3 Å². The first-order chi connectivity index (χ1) is 7.65. The summed E-state index contributed by atoms with van der Waals surface area (Å²) in [6.07, 6.45) is 6.63. The molecule has 0 saturated heterocycles. The molecule has 0 aromatic heterocycles. The van der Waals surface area contributed by atoms with E-state index in [9.17, 15) is 0 Å². The van der Waals surface area contributed by atoms with Crippen molar-refractivity contribution < 1.29 is 4.74 Å². The van der Waals surface area contributed by atoms with Crippen molar-refractivity contribution in [1.82, 2.24) is 0 Å². The number of allylic oxidation sites excluding steroid dienone is 2. The molecule has 0 radical (unpaired) electrons. The monoisotopic (exact) mass is 216 g/mol. The number of anilines is 1. The molecule has 3 heteroatoms. The maximum atomic E-state index is 6.20. The second-order valence-electron chi connectivity index (χ2n) is 3.93. The van der Waals surface area contributed by atoms with E-state index < -0.39 is 5.72 Å². The van der Waals surface area contributed by atoms with Gasteiger partial charge in [-0.1, -0.05) is 30.4 Å². The van der Waals surface area contributed by atoms with E-state index >= 15 is 0 Å². The lowest BCUT2D eigenvalue weighted by Crippen LogP contribution is -2.43. The highest BCUT2D eigenvalue weighted by Gasteiger charge is 2.30. The van der Waals surface area contributed by atoms with Crippen LogP contribution in [0.2, 0.25) is 0 Å². The van der Waals surface area contributed by atoms with Crippen LogP contribution in [0.4, 0.5) is 5.69 Å². The van der Waals surface area contributed by atoms with Gasteiger partial charge in [0.15, 0.2) is 0 Å². The van der Waals surface area contributed by atoms with Crippen molar-refractivity contribution in [2.75, 3.05) is 12.8 Å². The standard InChI is InChI=1S/C13H16N2O/c1-16-13(15)8-3-2-7-12(13)10-5-4-6-11(14)9-10/h2-7,9H,8,14-15H2,1H3. The normalized spacial score (nSPS) is 24.2. The number of rotatable bonds is 2. The molecule has 84 valence electrons. The van der Waals surface area contributed by atoms with E-state index in [0.717, 1.165) is 16.8 Å². The largest absolute Gasteiger partial charge is 0.399 e. The molecule has 0 amide bonds. The van der Waals surface area contributed by atoms with Gasteiger partial charge in [0.2, 0.25) is 0 Å². The lowest BCUT2D eigenvalue weighted by molar-refractivity contribution is 0.0489. The van der Waals surface area contributed by atoms with Crippen LogP contribution in [0.15, 0.2) is 42.5 Å². The highest BCUT2D eigenvalue weighted by Crippen LogP contribution is 2.32. The Hall–Kier alpha value is -1.58. The summed E-state index contributed by atoms with van der Waals surface area (Å²) in [6.45, 7) is 0. The summed E-state index contributed by atoms with van der Waals surface area (Å²) in [5.74, 6) is 0. The van der Waals surface area contributed by atoms with Crippen LogP contribution in [0, 0.1) is 0 Å². The fourth-order valence-electron chi connectivity index (χ4n) is 1.90. The third kappa shape index (κ3) is 1.87. The SMILES string of the molecule is COC1(N)CC=CC=C1c1cccc(N)c1. The van der Waals surface area contributed by atoms with Crippen LogP contribution in [0.25, 0.3) is 5.57 Å². The summed E-state index contributed by atoms with van der Waals surface area (Å²) >= 11 is 0. The fraction of sp³-hybridized carbons (Fsp3) is 0.231. The van der Waals surface area contributed by atoms with Crippen LogP contribution in [0.3, 0.4) is 0 Å². The van der Waals surface area contributed by atoms with E-state index in [-0.39, 0.29) is 0 Å². The van der Waals surface area contributed by atoms with Crippen LogP contribution in [0.5, 0.6) is 0 Å². The molecule has 1 atom stereocenters. The van der Waals surface area contributed by atoms with Gasteiger partial charge >= 0.3 is 0 Å². The molecule has 1 aliphatic rings. The minimum Gasteiger partial charge on any atom is -0.399 e. The Morgan fingerprint density at radius 1 is 1.38 bits per heavy atom. The van der Waals surface area contributed by atoms with Crippen LogP contribution < -0.4 is 11.5 Å². The van der Waals surface area contributed by atoms with Crippen molar-refractivity contribution in [3.63, 3.8) is 0 Å². The maximum Gasteiger partial charge on any atom is 0.146 e. The number of benzene rings is 1. The molecular weight excluding hydrogens is 200 g/mol. The molecule has 0 heterocycles. The van der Waals surface area contributed by atoms with Crippen molar-refractivity contribution in [1.29, 1.82) is 0 Å². The lowest BCUT2D eigenvalue weighted by Gasteiger charge is -2.32. The van der Waals surface area contributed by atoms with Crippen molar-refractivity contribution in [3.8, 4) is 0 Å². The molecule has 2 rings (SSSR count). The second kappa shape index (κ2) is 4.12. The summed E-state index contributed by atoms with van der Waals surface area (Å²) in [6, 6.07) is 7.67. The molecule has 1 aromatic rings. The maximum absolute atomic E-state index is 6.20. The zero-order valence-electron chi connectivity index (χ0n) is 9.31. The van der Waals surface area contributed by atoms with Crippen molar-refractivity contribution in [3.05, 3.63) is 48.1 Å². The zero-order chi connectivity index (χ0) is 11.6. The van der Waals surface area contributed by atoms with Gasteiger partial charge in [0.05, 0.1) is 0 Å². The molecule has 0 aliphatic heterocycles. The molecular formula is C13H16N2O. The first kappa shape index (κ1) is 10.9. The predicted octanol–water partition coefficient (Wildman–Crippen LogP) is 1.91. The minimum atomic E-state index is -0.747. The van der Waals surface area contributed by atoms with E-state index in [1.165, 1.54) is 0 Å². The second-order valence-corrected chi connectivity index (χ2v) is 3.93. The smallest absolute Gasteiger partial charge is 0.146 e. The molecule has 0 bridgehead atoms. The molecule has 0 spiro atoms. The fourth-order valence-corrected chi connectivity index (χ4v) is 1.90. The Labute approximate surface area is 95.4 Å². The average molecular weight is 216 g/mol. The average Bonchev–Trinajstić information content (AvgIpc) is 2.29. The van der Waals surface area contributed by atoms with Crippen LogP contribution in [0.1, 0.15) is 12.0 Å². The minimum absolute atomic E-state index is 0.671. The van der Waals surface area contributed by atoms with Crippen LogP contribution in [-0.4, -0.2) is 12.8 Å². The van der Waals surface area contributed by atoms with Crippen LogP contribution >= 0.6 is 0 Å². The number of ether oxygens (including phenoxy) is 1. The third-order valence-corrected chi connectivity index (χ3v) is 2.84. The number of nitrogens with two attached hydrogens (primary N) is 2. The van der Waals surface area contributed by atoms with Gasteiger partial charge in [-0.15, -0.1) is 0 Å². The molecule has 1 aliphatic carbocycles. The van der Waals surface area contributed by atoms with Gasteiger partial charge in [0, 0.05) is 24.8 Å². The van der Waals surface area contributed by atoms with Gasteiger partial charge < -0.3 is 10.5 Å². The molecule has 0 fully saturated rings. The first-order valence-electron chi connectivity index (χ1n) is 5.23. The number of hydrogen-bond acceptors (Lipinski definition) is 3. The Morgan fingerprint density at radius 2 is 2.19 bits per heavy atom. The zero-order valence-corrected chi connectivity index (χ0v) is 9.31. The van der Waals surface area contributed by atoms with Crippen molar-refractivity contribution in [2.45, 2.75) is 12.1 Å². The number of hydrogen-bond donors (Lipinski definition) is 2. The molecule has 16 heavy (non-hydrogen) atoms. The summed E-state index contributed by atoms with van der Waals surface area (Å²) in [4.78, 5) is 0. The lowest BCUT2D eigenvalue weighted by atomic mass is 9.89. The van der Waals surface area contributed by atoms with Crippen LogP contribution in [-0.2, 0) is 4.74 Å². The number of nitrogen functional groups attached to an aromatic ring is 1. The summed E-state index contributed by atoms with van der Waals surface area (Å²) in [7, 11) is 1.62. The highest BCUT2D eigenvalue weighted by atomic mass is 16.5.